The van der Waals surface area contributed by atoms with Gasteiger partial charge in [0.2, 0.25) is 0 Å². The molecule has 2 amide bonds. The molecule has 0 heterocycles. The van der Waals surface area contributed by atoms with Crippen molar-refractivity contribution in [2.24, 2.45) is 0 Å². The van der Waals surface area contributed by atoms with E-state index < -0.39 is 18.2 Å². The minimum Gasteiger partial charge on any atom is -0.418 e. The number of anilines is 1. The largest absolute Gasteiger partial charge is 0.491 e. The summed E-state index contributed by atoms with van der Waals surface area (Å²) in [4.78, 5) is 21.7. The number of para-hydroxylation sites is 2. The quantitative estimate of drug-likeness (QED) is 0.632. The predicted octanol–water partition coefficient (Wildman–Crippen LogP) is 1.91. The number of amides is 2. The Balaban J connectivity index is 2.89. The molecule has 0 saturated heterocycles. The van der Waals surface area contributed by atoms with Crippen molar-refractivity contribution in [3.05, 3.63) is 24.3 Å². The highest BCUT2D eigenvalue weighted by Crippen LogP contribution is 2.26. The van der Waals surface area contributed by atoms with Gasteiger partial charge in [-0.1, -0.05) is 12.1 Å². The zero-order valence-electron chi connectivity index (χ0n) is 9.17. The van der Waals surface area contributed by atoms with Crippen LogP contribution in [0.15, 0.2) is 24.3 Å². The first-order chi connectivity index (χ1) is 8.34. The van der Waals surface area contributed by atoms with E-state index in [9.17, 15) is 22.8 Å². The molecule has 0 aliphatic heterocycles. The van der Waals surface area contributed by atoms with Crippen molar-refractivity contribution in [3.63, 3.8) is 0 Å². The fourth-order valence-corrected chi connectivity index (χ4v) is 1.00. The molecule has 0 radical (unpaired) electrons. The zero-order chi connectivity index (χ0) is 13.8. The van der Waals surface area contributed by atoms with Crippen molar-refractivity contribution in [1.82, 2.24) is 5.32 Å². The summed E-state index contributed by atoms with van der Waals surface area (Å²) in [6, 6.07) is 4.62. The van der Waals surface area contributed by atoms with Crippen molar-refractivity contribution < 1.29 is 27.5 Å². The molecule has 1 aromatic rings. The minimum absolute atomic E-state index is 0.0468. The number of benzene rings is 1. The summed E-state index contributed by atoms with van der Waals surface area (Å²) in [7, 11) is 1.33. The Hall–Kier alpha value is -2.25. The molecular formula is C10H9F3N2O3. The van der Waals surface area contributed by atoms with Crippen LogP contribution in [0.25, 0.3) is 0 Å². The van der Waals surface area contributed by atoms with E-state index in [1.165, 1.54) is 25.2 Å². The standard InChI is InChI=1S/C10H9F3N2O3/c1-14-9(17)15-6-4-2-3-5-7(6)18-8(16)10(11,12)13/h2-5H,1H3,(H2,14,15,17). The van der Waals surface area contributed by atoms with Gasteiger partial charge in [-0.2, -0.15) is 13.2 Å². The molecule has 0 fully saturated rings. The van der Waals surface area contributed by atoms with E-state index in [1.807, 2.05) is 0 Å². The van der Waals surface area contributed by atoms with Crippen LogP contribution in [0, 0.1) is 0 Å². The second-order valence-corrected chi connectivity index (χ2v) is 3.09. The van der Waals surface area contributed by atoms with E-state index in [0.29, 0.717) is 0 Å². The van der Waals surface area contributed by atoms with Crippen LogP contribution in [-0.2, 0) is 4.79 Å². The van der Waals surface area contributed by atoms with E-state index in [2.05, 4.69) is 15.4 Å². The minimum atomic E-state index is -5.10. The van der Waals surface area contributed by atoms with Gasteiger partial charge in [0.1, 0.15) is 0 Å². The number of hydrogen-bond acceptors (Lipinski definition) is 3. The molecule has 5 nitrogen and oxygen atoms in total. The molecule has 8 heteroatoms. The molecule has 1 rings (SSSR count). The van der Waals surface area contributed by atoms with Gasteiger partial charge in [0.05, 0.1) is 5.69 Å². The van der Waals surface area contributed by atoms with Crippen LogP contribution in [0.3, 0.4) is 0 Å². The van der Waals surface area contributed by atoms with Gasteiger partial charge >= 0.3 is 18.2 Å². The van der Waals surface area contributed by atoms with E-state index in [1.54, 1.807) is 0 Å². The monoisotopic (exact) mass is 262 g/mol. The molecule has 0 aliphatic rings. The smallest absolute Gasteiger partial charge is 0.418 e. The van der Waals surface area contributed by atoms with Crippen LogP contribution in [0.5, 0.6) is 5.75 Å². The highest BCUT2D eigenvalue weighted by atomic mass is 19.4. The number of carbonyl (C=O) groups is 2. The first-order valence-corrected chi connectivity index (χ1v) is 4.71. The summed E-state index contributed by atoms with van der Waals surface area (Å²) in [5.74, 6) is -2.74. The lowest BCUT2D eigenvalue weighted by Gasteiger charge is -2.11. The van der Waals surface area contributed by atoms with Gasteiger partial charge in [-0.3, -0.25) is 0 Å². The Kier molecular flexibility index (Phi) is 4.13. The summed E-state index contributed by atoms with van der Waals surface area (Å²) >= 11 is 0. The van der Waals surface area contributed by atoms with Gasteiger partial charge in [-0.15, -0.1) is 0 Å². The summed E-state index contributed by atoms with van der Waals surface area (Å²) in [5, 5.41) is 4.43. The van der Waals surface area contributed by atoms with E-state index in [0.717, 1.165) is 6.07 Å². The van der Waals surface area contributed by atoms with Gasteiger partial charge < -0.3 is 15.4 Å². The second-order valence-electron chi connectivity index (χ2n) is 3.09. The van der Waals surface area contributed by atoms with E-state index in [4.69, 9.17) is 0 Å². The normalized spacial score (nSPS) is 10.7. The molecule has 0 aromatic heterocycles. The van der Waals surface area contributed by atoms with Crippen LogP contribution < -0.4 is 15.4 Å². The van der Waals surface area contributed by atoms with Crippen LogP contribution in [0.1, 0.15) is 0 Å². The Morgan fingerprint density at radius 2 is 1.83 bits per heavy atom. The molecule has 18 heavy (non-hydrogen) atoms. The number of carbonyl (C=O) groups excluding carboxylic acids is 2. The maximum atomic E-state index is 12.0. The topological polar surface area (TPSA) is 67.4 Å². The summed E-state index contributed by atoms with van der Waals surface area (Å²) in [6.45, 7) is 0. The lowest BCUT2D eigenvalue weighted by Crippen LogP contribution is -2.29. The third-order valence-electron chi connectivity index (χ3n) is 1.80. The van der Waals surface area contributed by atoms with Crippen LogP contribution in [-0.4, -0.2) is 25.2 Å². The zero-order valence-corrected chi connectivity index (χ0v) is 9.17. The first-order valence-electron chi connectivity index (χ1n) is 4.71. The first kappa shape index (κ1) is 13.8. The molecule has 0 aliphatic carbocycles. The molecule has 0 bridgehead atoms. The fourth-order valence-electron chi connectivity index (χ4n) is 1.00. The van der Waals surface area contributed by atoms with Crippen molar-refractivity contribution in [1.29, 1.82) is 0 Å². The van der Waals surface area contributed by atoms with Crippen molar-refractivity contribution in [3.8, 4) is 5.75 Å². The number of rotatable bonds is 2. The average Bonchev–Trinajstić information content (AvgIpc) is 2.30. The lowest BCUT2D eigenvalue weighted by atomic mass is 10.3. The third-order valence-corrected chi connectivity index (χ3v) is 1.80. The maximum Gasteiger partial charge on any atom is 0.491 e. The number of esters is 1. The number of urea groups is 1. The Morgan fingerprint density at radius 1 is 1.22 bits per heavy atom. The molecule has 98 valence electrons. The Morgan fingerprint density at radius 3 is 2.39 bits per heavy atom. The van der Waals surface area contributed by atoms with Crippen LogP contribution in [0.4, 0.5) is 23.7 Å². The number of nitrogens with one attached hydrogen (secondary N) is 2. The van der Waals surface area contributed by atoms with E-state index >= 15 is 0 Å². The summed E-state index contributed by atoms with van der Waals surface area (Å²) < 4.78 is 40.2. The number of ether oxygens (including phenoxy) is 1. The number of alkyl halides is 3. The second kappa shape index (κ2) is 5.39. The van der Waals surface area contributed by atoms with E-state index in [-0.39, 0.29) is 11.4 Å². The van der Waals surface area contributed by atoms with Gasteiger partial charge in [0.15, 0.2) is 5.75 Å². The van der Waals surface area contributed by atoms with Crippen LogP contribution in [0.2, 0.25) is 0 Å². The van der Waals surface area contributed by atoms with Gasteiger partial charge in [0.25, 0.3) is 0 Å². The highest BCUT2D eigenvalue weighted by Gasteiger charge is 2.41. The highest BCUT2D eigenvalue weighted by molar-refractivity contribution is 5.91. The molecule has 0 saturated carbocycles. The molecule has 0 atom stereocenters. The van der Waals surface area contributed by atoms with Gasteiger partial charge in [-0.05, 0) is 12.1 Å². The number of halogens is 3. The summed E-state index contributed by atoms with van der Waals surface area (Å²) in [6.07, 6.45) is -5.10. The SMILES string of the molecule is CNC(=O)Nc1ccccc1OC(=O)C(F)(F)F. The van der Waals surface area contributed by atoms with Crippen molar-refractivity contribution in [2.45, 2.75) is 6.18 Å². The Labute approximate surface area is 99.9 Å². The third kappa shape index (κ3) is 3.65. The molecule has 0 spiro atoms. The van der Waals surface area contributed by atoms with Gasteiger partial charge in [0, 0.05) is 7.05 Å². The average molecular weight is 262 g/mol. The van der Waals surface area contributed by atoms with Crippen LogP contribution >= 0.6 is 0 Å². The molecule has 2 N–H and O–H groups in total. The van der Waals surface area contributed by atoms with Gasteiger partial charge in [-0.25, -0.2) is 9.59 Å². The fraction of sp³-hybridized carbons (Fsp3) is 0.200. The predicted molar refractivity (Wildman–Crippen MR) is 56.2 cm³/mol. The molecule has 1 aromatic carbocycles. The maximum absolute atomic E-state index is 12.0. The lowest BCUT2D eigenvalue weighted by molar-refractivity contribution is -0.189. The molecule has 0 unspecified atom stereocenters. The summed E-state index contributed by atoms with van der Waals surface area (Å²) in [5.41, 5.74) is -0.0468. The van der Waals surface area contributed by atoms with Crippen molar-refractivity contribution in [2.75, 3.05) is 12.4 Å². The van der Waals surface area contributed by atoms with Crippen molar-refractivity contribution >= 4 is 17.7 Å². The Bertz CT molecular complexity index is 460. The number of hydrogen-bond donors (Lipinski definition) is 2. The molecular weight excluding hydrogens is 253 g/mol.